The Bertz CT molecular complexity index is 648. The summed E-state index contributed by atoms with van der Waals surface area (Å²) in [4.78, 5) is 24.4. The van der Waals surface area contributed by atoms with Crippen LogP contribution in [0, 0.1) is 5.92 Å². The highest BCUT2D eigenvalue weighted by molar-refractivity contribution is 7.99. The van der Waals surface area contributed by atoms with Gasteiger partial charge in [0.2, 0.25) is 0 Å². The zero-order valence-corrected chi connectivity index (χ0v) is 18.7. The summed E-state index contributed by atoms with van der Waals surface area (Å²) in [7, 11) is 0. The molecule has 7 heteroatoms. The minimum atomic E-state index is -0.511. The lowest BCUT2D eigenvalue weighted by molar-refractivity contribution is 0.0478. The molecule has 2 rings (SSSR count). The fourth-order valence-electron chi connectivity index (χ4n) is 3.43. The van der Waals surface area contributed by atoms with Gasteiger partial charge in [-0.05, 0) is 63.0 Å². The van der Waals surface area contributed by atoms with Crippen LogP contribution >= 0.6 is 11.8 Å². The molecule has 1 aromatic carbocycles. The number of amides is 2. The Kier molecular flexibility index (Phi) is 9.14. The monoisotopic (exact) mass is 422 g/mol. The maximum Gasteiger partial charge on any atom is 0.407 e. The van der Waals surface area contributed by atoms with Gasteiger partial charge in [0, 0.05) is 12.1 Å². The van der Waals surface area contributed by atoms with E-state index in [2.05, 4.69) is 17.6 Å². The molecule has 162 valence electrons. The molecular formula is C22H34N2O4S. The third-order valence-electron chi connectivity index (χ3n) is 4.76. The van der Waals surface area contributed by atoms with E-state index in [1.807, 2.05) is 62.9 Å². The lowest BCUT2D eigenvalue weighted by Gasteiger charge is -2.36. The van der Waals surface area contributed by atoms with Crippen LogP contribution in [0.4, 0.5) is 9.59 Å². The van der Waals surface area contributed by atoms with E-state index in [9.17, 15) is 9.59 Å². The zero-order chi connectivity index (χ0) is 21.3. The number of carbonyl (C=O) groups is 2. The Labute approximate surface area is 178 Å². The van der Waals surface area contributed by atoms with Crippen molar-refractivity contribution >= 4 is 23.9 Å². The van der Waals surface area contributed by atoms with Crippen LogP contribution in [0.5, 0.6) is 0 Å². The molecule has 0 heterocycles. The highest BCUT2D eigenvalue weighted by atomic mass is 32.2. The summed E-state index contributed by atoms with van der Waals surface area (Å²) in [5.41, 5.74) is 0.453. The standard InChI is InChI=1S/C22H34N2O4S/c1-5-29-15-17-13-18(23-21(26)28-22(2,3)4)11-12-19(17)24-20(25)27-14-16-9-7-6-8-10-16/h6-10,17-19H,5,11-15H2,1-4H3,(H,23,26)(H,24,25)/t17-,18+,19-/m0/s1. The predicted molar refractivity (Wildman–Crippen MR) is 117 cm³/mol. The molecule has 1 aliphatic rings. The van der Waals surface area contributed by atoms with E-state index < -0.39 is 5.60 Å². The van der Waals surface area contributed by atoms with Crippen LogP contribution in [0.2, 0.25) is 0 Å². The summed E-state index contributed by atoms with van der Waals surface area (Å²) in [6.45, 7) is 7.95. The van der Waals surface area contributed by atoms with Crippen molar-refractivity contribution in [1.29, 1.82) is 0 Å². The molecule has 3 atom stereocenters. The van der Waals surface area contributed by atoms with E-state index >= 15 is 0 Å². The molecule has 1 fully saturated rings. The second-order valence-electron chi connectivity index (χ2n) is 8.39. The Morgan fingerprint density at radius 2 is 1.83 bits per heavy atom. The molecule has 0 saturated heterocycles. The molecular weight excluding hydrogens is 388 g/mol. The first kappa shape index (κ1) is 23.4. The number of benzene rings is 1. The van der Waals surface area contributed by atoms with Crippen LogP contribution in [0.15, 0.2) is 30.3 Å². The lowest BCUT2D eigenvalue weighted by atomic mass is 9.82. The average Bonchev–Trinajstić information content (AvgIpc) is 2.65. The molecule has 2 N–H and O–H groups in total. The van der Waals surface area contributed by atoms with Crippen molar-refractivity contribution in [3.8, 4) is 0 Å². The quantitative estimate of drug-likeness (QED) is 0.664. The number of rotatable bonds is 7. The Morgan fingerprint density at radius 3 is 2.48 bits per heavy atom. The van der Waals surface area contributed by atoms with E-state index in [4.69, 9.17) is 9.47 Å². The van der Waals surface area contributed by atoms with Crippen molar-refractivity contribution in [2.45, 2.75) is 71.2 Å². The van der Waals surface area contributed by atoms with Gasteiger partial charge in [0.15, 0.2) is 0 Å². The number of thioether (sulfide) groups is 1. The molecule has 29 heavy (non-hydrogen) atoms. The maximum atomic E-state index is 12.3. The molecule has 1 aromatic rings. The number of ether oxygens (including phenoxy) is 2. The SMILES string of the molecule is CCSC[C@@H]1C[C@H](NC(=O)OC(C)(C)C)CC[C@@H]1NC(=O)OCc1ccccc1. The van der Waals surface area contributed by atoms with Crippen molar-refractivity contribution in [2.75, 3.05) is 11.5 Å². The number of hydrogen-bond acceptors (Lipinski definition) is 5. The first-order valence-electron chi connectivity index (χ1n) is 10.3. The van der Waals surface area contributed by atoms with E-state index in [0.717, 1.165) is 36.3 Å². The van der Waals surface area contributed by atoms with E-state index in [-0.39, 0.29) is 36.8 Å². The number of alkyl carbamates (subject to hydrolysis) is 2. The van der Waals surface area contributed by atoms with Gasteiger partial charge in [-0.25, -0.2) is 9.59 Å². The van der Waals surface area contributed by atoms with Crippen molar-refractivity contribution in [3.63, 3.8) is 0 Å². The van der Waals surface area contributed by atoms with Gasteiger partial charge in [-0.1, -0.05) is 37.3 Å². The van der Waals surface area contributed by atoms with E-state index in [1.165, 1.54) is 0 Å². The third-order valence-corrected chi connectivity index (χ3v) is 5.83. The molecule has 1 saturated carbocycles. The van der Waals surface area contributed by atoms with Crippen molar-refractivity contribution in [3.05, 3.63) is 35.9 Å². The van der Waals surface area contributed by atoms with Crippen LogP contribution in [0.3, 0.4) is 0 Å². The number of hydrogen-bond donors (Lipinski definition) is 2. The minimum absolute atomic E-state index is 0.0500. The molecule has 0 aliphatic heterocycles. The minimum Gasteiger partial charge on any atom is -0.445 e. The molecule has 1 aliphatic carbocycles. The van der Waals surface area contributed by atoms with Crippen LogP contribution in [0.25, 0.3) is 0 Å². The first-order valence-corrected chi connectivity index (χ1v) is 11.5. The smallest absolute Gasteiger partial charge is 0.407 e. The molecule has 2 amide bonds. The summed E-state index contributed by atoms with van der Waals surface area (Å²) >= 11 is 1.85. The summed E-state index contributed by atoms with van der Waals surface area (Å²) in [5.74, 6) is 2.23. The number of carbonyl (C=O) groups excluding carboxylic acids is 2. The molecule has 0 radical (unpaired) electrons. The normalized spacial score (nSPS) is 21.9. The third kappa shape index (κ3) is 8.98. The summed E-state index contributed by atoms with van der Waals surface area (Å²) < 4.78 is 10.8. The molecule has 6 nitrogen and oxygen atoms in total. The van der Waals surface area contributed by atoms with Crippen LogP contribution in [0.1, 0.15) is 52.5 Å². The topological polar surface area (TPSA) is 76.7 Å². The lowest BCUT2D eigenvalue weighted by Crippen LogP contribution is -2.50. The van der Waals surface area contributed by atoms with Gasteiger partial charge in [-0.15, -0.1) is 0 Å². The molecule has 0 spiro atoms. The first-order chi connectivity index (χ1) is 13.8. The Morgan fingerprint density at radius 1 is 1.10 bits per heavy atom. The van der Waals surface area contributed by atoms with Gasteiger partial charge in [-0.2, -0.15) is 11.8 Å². The zero-order valence-electron chi connectivity index (χ0n) is 17.9. The summed E-state index contributed by atoms with van der Waals surface area (Å²) in [5, 5.41) is 6.03. The van der Waals surface area contributed by atoms with Gasteiger partial charge < -0.3 is 20.1 Å². The van der Waals surface area contributed by atoms with E-state index in [1.54, 1.807) is 0 Å². The van der Waals surface area contributed by atoms with Crippen LogP contribution in [-0.4, -0.2) is 41.4 Å². The van der Waals surface area contributed by atoms with E-state index in [0.29, 0.717) is 0 Å². The highest BCUT2D eigenvalue weighted by Gasteiger charge is 2.33. The van der Waals surface area contributed by atoms with Gasteiger partial charge in [0.1, 0.15) is 12.2 Å². The number of nitrogens with one attached hydrogen (secondary N) is 2. The van der Waals surface area contributed by atoms with Gasteiger partial charge in [0.05, 0.1) is 0 Å². The fraction of sp³-hybridized carbons (Fsp3) is 0.636. The summed E-state index contributed by atoms with van der Waals surface area (Å²) in [6, 6.07) is 9.76. The average molecular weight is 423 g/mol. The van der Waals surface area contributed by atoms with Crippen LogP contribution in [-0.2, 0) is 16.1 Å². The fourth-order valence-corrected chi connectivity index (χ4v) is 4.34. The second-order valence-corrected chi connectivity index (χ2v) is 9.71. The predicted octanol–water partition coefficient (Wildman–Crippen LogP) is 4.73. The van der Waals surface area contributed by atoms with Gasteiger partial charge in [-0.3, -0.25) is 0 Å². The molecule has 0 aromatic heterocycles. The van der Waals surface area contributed by atoms with Crippen molar-refractivity contribution in [2.24, 2.45) is 5.92 Å². The Balaban J connectivity index is 1.85. The Hall–Kier alpha value is -1.89. The highest BCUT2D eigenvalue weighted by Crippen LogP contribution is 2.28. The largest absolute Gasteiger partial charge is 0.445 e. The molecule has 0 unspecified atom stereocenters. The second kappa shape index (κ2) is 11.3. The van der Waals surface area contributed by atoms with Crippen molar-refractivity contribution in [1.82, 2.24) is 10.6 Å². The van der Waals surface area contributed by atoms with Crippen molar-refractivity contribution < 1.29 is 19.1 Å². The van der Waals surface area contributed by atoms with Gasteiger partial charge >= 0.3 is 12.2 Å². The van der Waals surface area contributed by atoms with Gasteiger partial charge in [0.25, 0.3) is 0 Å². The molecule has 0 bridgehead atoms. The maximum absolute atomic E-state index is 12.3. The summed E-state index contributed by atoms with van der Waals surface area (Å²) in [6.07, 6.45) is 1.66. The van der Waals surface area contributed by atoms with Crippen LogP contribution < -0.4 is 10.6 Å².